The van der Waals surface area contributed by atoms with E-state index in [9.17, 15) is 9.59 Å². The average molecular weight is 249 g/mol. The van der Waals surface area contributed by atoms with Gasteiger partial charge < -0.3 is 9.53 Å². The molecule has 0 radical (unpaired) electrons. The maximum absolute atomic E-state index is 10.8. The summed E-state index contributed by atoms with van der Waals surface area (Å²) in [5, 5.41) is -0.320. The van der Waals surface area contributed by atoms with Crippen molar-refractivity contribution in [3.63, 3.8) is 0 Å². The lowest BCUT2D eigenvalue weighted by Crippen LogP contribution is -1.99. The minimum absolute atomic E-state index is 0.129. The van der Waals surface area contributed by atoms with Crippen LogP contribution in [-0.4, -0.2) is 24.7 Å². The van der Waals surface area contributed by atoms with Crippen molar-refractivity contribution >= 4 is 23.9 Å². The van der Waals surface area contributed by atoms with Crippen molar-refractivity contribution in [3.8, 4) is 0 Å². The van der Waals surface area contributed by atoms with Crippen molar-refractivity contribution in [1.29, 1.82) is 0 Å². The molecule has 0 aromatic carbocycles. The molecule has 1 atom stereocenters. The molecule has 0 aromatic heterocycles. The minimum atomic E-state index is -0.320. The second-order valence-electron chi connectivity index (χ2n) is 3.89. The first-order valence-electron chi connectivity index (χ1n) is 5.87. The van der Waals surface area contributed by atoms with E-state index in [0.29, 0.717) is 6.42 Å². The first-order chi connectivity index (χ1) is 7.70. The Hall–Kier alpha value is -0.570. The van der Waals surface area contributed by atoms with Crippen molar-refractivity contribution < 1.29 is 14.3 Å². The van der Waals surface area contributed by atoms with Gasteiger partial charge in [-0.2, -0.15) is 0 Å². The number of carbonyl (C=O) groups excluding carboxylic acids is 2. The second kappa shape index (κ2) is 10.9. The van der Waals surface area contributed by atoms with E-state index in [1.807, 2.05) is 0 Å². The summed E-state index contributed by atoms with van der Waals surface area (Å²) in [4.78, 5) is 21.0. The number of ether oxygens (including phenoxy) is 1. The van der Waals surface area contributed by atoms with Gasteiger partial charge in [0.1, 0.15) is 6.29 Å². The lowest BCUT2D eigenvalue weighted by Gasteiger charge is -2.02. The van der Waals surface area contributed by atoms with Crippen LogP contribution in [-0.2, 0) is 14.3 Å². The highest BCUT2D eigenvalue weighted by atomic mass is 35.5. The first kappa shape index (κ1) is 15.4. The van der Waals surface area contributed by atoms with Crippen LogP contribution in [0, 0.1) is 0 Å². The normalized spacial score (nSPS) is 12.1. The lowest BCUT2D eigenvalue weighted by atomic mass is 10.1. The molecule has 0 saturated heterocycles. The summed E-state index contributed by atoms with van der Waals surface area (Å²) in [5.41, 5.74) is 0. The van der Waals surface area contributed by atoms with Gasteiger partial charge in [0, 0.05) is 6.42 Å². The van der Waals surface area contributed by atoms with E-state index in [2.05, 4.69) is 4.74 Å². The van der Waals surface area contributed by atoms with Crippen LogP contribution >= 0.6 is 11.6 Å². The van der Waals surface area contributed by atoms with Gasteiger partial charge in [-0.1, -0.05) is 32.1 Å². The summed E-state index contributed by atoms with van der Waals surface area (Å²) in [6.07, 6.45) is 8.43. The van der Waals surface area contributed by atoms with Crippen LogP contribution in [0.4, 0.5) is 0 Å². The van der Waals surface area contributed by atoms with E-state index in [-0.39, 0.29) is 11.3 Å². The molecule has 0 aliphatic rings. The Morgan fingerprint density at radius 2 is 1.75 bits per heavy atom. The fraction of sp³-hybridized carbons (Fsp3) is 0.833. The van der Waals surface area contributed by atoms with Crippen molar-refractivity contribution in [1.82, 2.24) is 0 Å². The highest BCUT2D eigenvalue weighted by Gasteiger charge is 2.01. The molecule has 3 nitrogen and oxygen atoms in total. The molecule has 16 heavy (non-hydrogen) atoms. The van der Waals surface area contributed by atoms with Crippen LogP contribution in [0.5, 0.6) is 0 Å². The SMILES string of the molecule is COC(=O)CCCCCCCCC(Cl)C=O. The Balaban J connectivity index is 3.10. The molecule has 0 spiro atoms. The molecule has 0 aromatic rings. The molecule has 0 heterocycles. The molecule has 0 saturated carbocycles. The third-order valence-corrected chi connectivity index (χ3v) is 2.81. The van der Waals surface area contributed by atoms with E-state index in [0.717, 1.165) is 51.2 Å². The summed E-state index contributed by atoms with van der Waals surface area (Å²) >= 11 is 5.66. The topological polar surface area (TPSA) is 43.4 Å². The molecule has 0 N–H and O–H groups in total. The maximum atomic E-state index is 10.8. The van der Waals surface area contributed by atoms with Crippen molar-refractivity contribution in [2.24, 2.45) is 0 Å². The van der Waals surface area contributed by atoms with Crippen molar-refractivity contribution in [2.75, 3.05) is 7.11 Å². The van der Waals surface area contributed by atoms with E-state index >= 15 is 0 Å². The molecule has 0 bridgehead atoms. The number of halogens is 1. The molecule has 0 aliphatic carbocycles. The van der Waals surface area contributed by atoms with E-state index in [1.165, 1.54) is 7.11 Å². The van der Waals surface area contributed by atoms with Gasteiger partial charge >= 0.3 is 5.97 Å². The van der Waals surface area contributed by atoms with E-state index in [4.69, 9.17) is 11.6 Å². The van der Waals surface area contributed by atoms with Crippen molar-refractivity contribution in [2.45, 2.75) is 56.7 Å². The van der Waals surface area contributed by atoms with Crippen LogP contribution in [0.25, 0.3) is 0 Å². The predicted octanol–water partition coefficient (Wildman–Crippen LogP) is 3.09. The monoisotopic (exact) mass is 248 g/mol. The number of unbranched alkanes of at least 4 members (excludes halogenated alkanes) is 5. The van der Waals surface area contributed by atoms with Gasteiger partial charge in [0.2, 0.25) is 0 Å². The summed E-state index contributed by atoms with van der Waals surface area (Å²) in [5.74, 6) is -0.129. The fourth-order valence-electron chi connectivity index (χ4n) is 1.49. The third-order valence-electron chi connectivity index (χ3n) is 2.49. The number of alkyl halides is 1. The number of hydrogen-bond acceptors (Lipinski definition) is 3. The van der Waals surface area contributed by atoms with Crippen molar-refractivity contribution in [3.05, 3.63) is 0 Å². The number of aldehydes is 1. The summed E-state index contributed by atoms with van der Waals surface area (Å²) < 4.78 is 4.55. The summed E-state index contributed by atoms with van der Waals surface area (Å²) in [6.45, 7) is 0. The molecule has 0 amide bonds. The lowest BCUT2D eigenvalue weighted by molar-refractivity contribution is -0.140. The third kappa shape index (κ3) is 9.97. The van der Waals surface area contributed by atoms with Gasteiger partial charge in [-0.15, -0.1) is 11.6 Å². The molecular weight excluding hydrogens is 228 g/mol. The average Bonchev–Trinajstić information content (AvgIpc) is 2.31. The first-order valence-corrected chi connectivity index (χ1v) is 6.30. The minimum Gasteiger partial charge on any atom is -0.469 e. The zero-order chi connectivity index (χ0) is 12.2. The number of hydrogen-bond donors (Lipinski definition) is 0. The highest BCUT2D eigenvalue weighted by molar-refractivity contribution is 6.27. The zero-order valence-electron chi connectivity index (χ0n) is 9.91. The standard InChI is InChI=1S/C12H21ClO3/c1-16-12(15)9-7-5-3-2-4-6-8-11(13)10-14/h10-11H,2-9H2,1H3. The predicted molar refractivity (Wildman–Crippen MR) is 64.7 cm³/mol. The Morgan fingerprint density at radius 3 is 2.31 bits per heavy atom. The van der Waals surface area contributed by atoms with Gasteiger partial charge in [-0.25, -0.2) is 0 Å². The fourth-order valence-corrected chi connectivity index (χ4v) is 1.64. The molecule has 1 unspecified atom stereocenters. The molecular formula is C12H21ClO3. The quantitative estimate of drug-likeness (QED) is 0.258. The molecule has 0 aliphatic heterocycles. The zero-order valence-corrected chi connectivity index (χ0v) is 10.7. The van der Waals surface area contributed by atoms with Gasteiger partial charge in [0.25, 0.3) is 0 Å². The van der Waals surface area contributed by atoms with E-state index < -0.39 is 0 Å². The number of carbonyl (C=O) groups is 2. The number of esters is 1. The second-order valence-corrected chi connectivity index (χ2v) is 4.45. The van der Waals surface area contributed by atoms with Gasteiger partial charge in [0.05, 0.1) is 12.5 Å². The van der Waals surface area contributed by atoms with Crippen LogP contribution in [0.15, 0.2) is 0 Å². The van der Waals surface area contributed by atoms with Crippen LogP contribution in [0.1, 0.15) is 51.4 Å². The van der Waals surface area contributed by atoms with Crippen LogP contribution in [0.2, 0.25) is 0 Å². The summed E-state index contributed by atoms with van der Waals surface area (Å²) in [6, 6.07) is 0. The Morgan fingerprint density at radius 1 is 1.19 bits per heavy atom. The smallest absolute Gasteiger partial charge is 0.305 e. The van der Waals surface area contributed by atoms with Gasteiger partial charge in [-0.05, 0) is 12.8 Å². The van der Waals surface area contributed by atoms with E-state index in [1.54, 1.807) is 0 Å². The largest absolute Gasteiger partial charge is 0.469 e. The number of rotatable bonds is 10. The highest BCUT2D eigenvalue weighted by Crippen LogP contribution is 2.11. The molecule has 4 heteroatoms. The van der Waals surface area contributed by atoms with Crippen LogP contribution in [0.3, 0.4) is 0 Å². The Labute approximate surface area is 102 Å². The molecule has 0 fully saturated rings. The van der Waals surface area contributed by atoms with Gasteiger partial charge in [-0.3, -0.25) is 4.79 Å². The number of methoxy groups -OCH3 is 1. The maximum Gasteiger partial charge on any atom is 0.305 e. The van der Waals surface area contributed by atoms with Crippen LogP contribution < -0.4 is 0 Å². The van der Waals surface area contributed by atoms with Gasteiger partial charge in [0.15, 0.2) is 0 Å². The Bertz CT molecular complexity index is 195. The summed E-state index contributed by atoms with van der Waals surface area (Å²) in [7, 11) is 1.41. The Kier molecular flexibility index (Phi) is 10.5. The molecule has 94 valence electrons. The molecule has 0 rings (SSSR count).